The number of benzene rings is 2. The second-order valence-corrected chi connectivity index (χ2v) is 5.93. The average molecular weight is 371 g/mol. The number of halogens is 3. The molecule has 0 fully saturated rings. The normalized spacial score (nSPS) is 11.8. The Morgan fingerprint density at radius 3 is 2.41 bits per heavy atom. The van der Waals surface area contributed by atoms with Gasteiger partial charge in [0.25, 0.3) is 5.56 Å². The van der Waals surface area contributed by atoms with Gasteiger partial charge in [0.05, 0.1) is 12.1 Å². The van der Waals surface area contributed by atoms with Gasteiger partial charge in [0.1, 0.15) is 0 Å². The predicted molar refractivity (Wildman–Crippen MR) is 92.0 cm³/mol. The van der Waals surface area contributed by atoms with Gasteiger partial charge in [-0.05, 0) is 23.1 Å². The average Bonchev–Trinajstić information content (AvgIpc) is 3.15. The van der Waals surface area contributed by atoms with Gasteiger partial charge in [-0.25, -0.2) is 0 Å². The van der Waals surface area contributed by atoms with Crippen LogP contribution < -0.4 is 5.56 Å². The van der Waals surface area contributed by atoms with Crippen LogP contribution in [0.4, 0.5) is 13.2 Å². The van der Waals surface area contributed by atoms with Crippen LogP contribution in [0.25, 0.3) is 22.3 Å². The lowest BCUT2D eigenvalue weighted by molar-refractivity contribution is -0.159. The molecule has 5 nitrogen and oxygen atoms in total. The van der Waals surface area contributed by atoms with Gasteiger partial charge in [0, 0.05) is 11.6 Å². The van der Waals surface area contributed by atoms with Crippen LogP contribution in [-0.4, -0.2) is 14.7 Å². The monoisotopic (exact) mass is 371 g/mol. The number of fused-ring (bicyclic) bond motifs is 1. The third kappa shape index (κ3) is 3.33. The number of nitrogens with zero attached hydrogens (tertiary/aromatic N) is 3. The zero-order chi connectivity index (χ0) is 19.0. The molecule has 0 aliphatic heterocycles. The van der Waals surface area contributed by atoms with Crippen molar-refractivity contribution in [2.45, 2.75) is 12.7 Å². The van der Waals surface area contributed by atoms with E-state index in [0.717, 1.165) is 16.5 Å². The predicted octanol–water partition coefficient (Wildman–Crippen LogP) is 4.12. The first-order chi connectivity index (χ1) is 12.9. The maximum absolute atomic E-state index is 12.6. The van der Waals surface area contributed by atoms with E-state index in [2.05, 4.69) is 14.7 Å². The summed E-state index contributed by atoms with van der Waals surface area (Å²) in [5, 5.41) is 4.30. The first-order valence-corrected chi connectivity index (χ1v) is 8.00. The molecule has 2 aromatic carbocycles. The molecule has 0 bridgehead atoms. The number of hydrogen-bond acceptors (Lipinski definition) is 4. The molecule has 0 aliphatic carbocycles. The molecule has 0 saturated carbocycles. The molecule has 136 valence electrons. The molecule has 2 heterocycles. The highest BCUT2D eigenvalue weighted by Crippen LogP contribution is 2.29. The second kappa shape index (κ2) is 6.39. The van der Waals surface area contributed by atoms with E-state index in [4.69, 9.17) is 0 Å². The van der Waals surface area contributed by atoms with Gasteiger partial charge < -0.3 is 9.09 Å². The summed E-state index contributed by atoms with van der Waals surface area (Å²) < 4.78 is 43.6. The number of pyridine rings is 1. The van der Waals surface area contributed by atoms with Gasteiger partial charge in [0.15, 0.2) is 0 Å². The Bertz CT molecular complexity index is 1160. The highest BCUT2D eigenvalue weighted by Gasteiger charge is 2.38. The van der Waals surface area contributed by atoms with Crippen LogP contribution >= 0.6 is 0 Å². The van der Waals surface area contributed by atoms with E-state index in [9.17, 15) is 18.0 Å². The molecule has 0 N–H and O–H groups in total. The first kappa shape index (κ1) is 17.0. The van der Waals surface area contributed by atoms with Gasteiger partial charge in [0.2, 0.25) is 5.82 Å². The van der Waals surface area contributed by atoms with Crippen LogP contribution in [-0.2, 0) is 12.7 Å². The van der Waals surface area contributed by atoms with Gasteiger partial charge in [-0.1, -0.05) is 47.6 Å². The SMILES string of the molecule is O=c1ccc2ccccc2n1Cc1ccc(-c2noc(C(F)(F)F)n2)cc1. The van der Waals surface area contributed by atoms with Crippen LogP contribution in [0.3, 0.4) is 0 Å². The molecular weight excluding hydrogens is 359 g/mol. The molecule has 0 unspecified atom stereocenters. The van der Waals surface area contributed by atoms with Crippen molar-refractivity contribution < 1.29 is 17.7 Å². The van der Waals surface area contributed by atoms with E-state index in [0.29, 0.717) is 12.1 Å². The Balaban J connectivity index is 1.63. The fourth-order valence-corrected chi connectivity index (χ4v) is 2.80. The number of para-hydroxylation sites is 1. The van der Waals surface area contributed by atoms with Crippen molar-refractivity contribution in [1.82, 2.24) is 14.7 Å². The van der Waals surface area contributed by atoms with Gasteiger partial charge in [-0.15, -0.1) is 0 Å². The number of rotatable bonds is 3. The molecular formula is C19H12F3N3O2. The van der Waals surface area contributed by atoms with E-state index in [-0.39, 0.29) is 11.4 Å². The molecule has 0 atom stereocenters. The van der Waals surface area contributed by atoms with Gasteiger partial charge in [-0.2, -0.15) is 18.2 Å². The minimum Gasteiger partial charge on any atom is -0.329 e. The molecule has 4 rings (SSSR count). The van der Waals surface area contributed by atoms with E-state index in [1.807, 2.05) is 24.3 Å². The van der Waals surface area contributed by atoms with Crippen LogP contribution in [0, 0.1) is 0 Å². The van der Waals surface area contributed by atoms with E-state index in [1.165, 1.54) is 6.07 Å². The van der Waals surface area contributed by atoms with Crippen molar-refractivity contribution in [3.8, 4) is 11.4 Å². The third-order valence-electron chi connectivity index (χ3n) is 4.12. The molecule has 0 saturated heterocycles. The summed E-state index contributed by atoms with van der Waals surface area (Å²) in [7, 11) is 0. The maximum Gasteiger partial charge on any atom is 0.471 e. The fourth-order valence-electron chi connectivity index (χ4n) is 2.80. The van der Waals surface area contributed by atoms with Crippen LogP contribution in [0.5, 0.6) is 0 Å². The van der Waals surface area contributed by atoms with Gasteiger partial charge >= 0.3 is 12.1 Å². The Hall–Kier alpha value is -3.42. The number of alkyl halides is 3. The largest absolute Gasteiger partial charge is 0.471 e. The zero-order valence-electron chi connectivity index (χ0n) is 13.8. The van der Waals surface area contributed by atoms with E-state index in [1.54, 1.807) is 34.9 Å². The number of aromatic nitrogens is 3. The lowest BCUT2D eigenvalue weighted by Gasteiger charge is -2.10. The fraction of sp³-hybridized carbons (Fsp3) is 0.105. The summed E-state index contributed by atoms with van der Waals surface area (Å²) in [6, 6.07) is 17.4. The summed E-state index contributed by atoms with van der Waals surface area (Å²) in [5.74, 6) is -1.53. The third-order valence-corrected chi connectivity index (χ3v) is 4.12. The topological polar surface area (TPSA) is 60.9 Å². The smallest absolute Gasteiger partial charge is 0.329 e. The Labute approximate surface area is 150 Å². The molecule has 27 heavy (non-hydrogen) atoms. The highest BCUT2D eigenvalue weighted by molar-refractivity contribution is 5.78. The highest BCUT2D eigenvalue weighted by atomic mass is 19.4. The molecule has 8 heteroatoms. The van der Waals surface area contributed by atoms with Crippen molar-refractivity contribution in [3.63, 3.8) is 0 Å². The lowest BCUT2D eigenvalue weighted by Crippen LogP contribution is -2.19. The zero-order valence-corrected chi connectivity index (χ0v) is 13.8. The van der Waals surface area contributed by atoms with Crippen molar-refractivity contribution in [1.29, 1.82) is 0 Å². The van der Waals surface area contributed by atoms with Crippen molar-refractivity contribution in [2.24, 2.45) is 0 Å². The van der Waals surface area contributed by atoms with Crippen LogP contribution in [0.15, 0.2) is 70.0 Å². The Kier molecular flexibility index (Phi) is 4.02. The minimum absolute atomic E-state index is 0.134. The second-order valence-electron chi connectivity index (χ2n) is 5.93. The number of hydrogen-bond donors (Lipinski definition) is 0. The van der Waals surface area contributed by atoms with Crippen molar-refractivity contribution in [3.05, 3.63) is 82.5 Å². The van der Waals surface area contributed by atoms with E-state index >= 15 is 0 Å². The summed E-state index contributed by atoms with van der Waals surface area (Å²) in [5.41, 5.74) is 1.88. The van der Waals surface area contributed by atoms with Gasteiger partial charge in [-0.3, -0.25) is 4.79 Å². The Morgan fingerprint density at radius 2 is 1.70 bits per heavy atom. The maximum atomic E-state index is 12.6. The molecule has 0 amide bonds. The molecule has 2 aromatic heterocycles. The standard InChI is InChI=1S/C19H12F3N3O2/c20-19(21,22)18-23-17(24-27-18)14-7-5-12(6-8-14)11-25-15-4-2-1-3-13(15)9-10-16(25)26/h1-10H,11H2. The summed E-state index contributed by atoms with van der Waals surface area (Å²) in [6.07, 6.45) is -4.68. The van der Waals surface area contributed by atoms with Crippen LogP contribution in [0.2, 0.25) is 0 Å². The molecule has 0 spiro atoms. The van der Waals surface area contributed by atoms with Crippen LogP contribution in [0.1, 0.15) is 11.5 Å². The van der Waals surface area contributed by atoms with Crippen molar-refractivity contribution >= 4 is 10.9 Å². The lowest BCUT2D eigenvalue weighted by atomic mass is 10.1. The molecule has 4 aromatic rings. The Morgan fingerprint density at radius 1 is 0.963 bits per heavy atom. The van der Waals surface area contributed by atoms with E-state index < -0.39 is 12.1 Å². The van der Waals surface area contributed by atoms with Crippen molar-refractivity contribution in [2.75, 3.05) is 0 Å². The summed E-state index contributed by atoms with van der Waals surface area (Å²) in [6.45, 7) is 0.334. The quantitative estimate of drug-likeness (QED) is 0.544. The summed E-state index contributed by atoms with van der Waals surface area (Å²) in [4.78, 5) is 15.6. The molecule has 0 radical (unpaired) electrons. The minimum atomic E-state index is -4.68. The first-order valence-electron chi connectivity index (χ1n) is 8.00. The molecule has 0 aliphatic rings. The summed E-state index contributed by atoms with van der Waals surface area (Å²) >= 11 is 0.